The van der Waals surface area contributed by atoms with Crippen molar-refractivity contribution in [2.45, 2.75) is 39.2 Å². The molecule has 1 rings (SSSR count). The fraction of sp³-hybridized carbons (Fsp3) is 0.769. The summed E-state index contributed by atoms with van der Waals surface area (Å²) < 4.78 is 5.54. The van der Waals surface area contributed by atoms with Gasteiger partial charge in [0.05, 0.1) is 18.6 Å². The molecule has 0 aliphatic carbocycles. The molecule has 0 saturated carbocycles. The van der Waals surface area contributed by atoms with Crippen LogP contribution in [0.5, 0.6) is 0 Å². The van der Waals surface area contributed by atoms with Crippen molar-refractivity contribution < 1.29 is 9.53 Å². The van der Waals surface area contributed by atoms with Crippen LogP contribution in [0.25, 0.3) is 0 Å². The van der Waals surface area contributed by atoms with E-state index in [-0.39, 0.29) is 17.9 Å². The van der Waals surface area contributed by atoms with Gasteiger partial charge in [-0.25, -0.2) is 0 Å². The SMILES string of the molecule is C#CCN(CCC)C(=O)C1CCOC1CC. The smallest absolute Gasteiger partial charge is 0.229 e. The molecule has 3 heteroatoms. The van der Waals surface area contributed by atoms with Gasteiger partial charge in [0, 0.05) is 13.2 Å². The topological polar surface area (TPSA) is 29.5 Å². The van der Waals surface area contributed by atoms with Gasteiger partial charge in [0.1, 0.15) is 0 Å². The van der Waals surface area contributed by atoms with Gasteiger partial charge < -0.3 is 9.64 Å². The molecule has 1 saturated heterocycles. The highest BCUT2D eigenvalue weighted by atomic mass is 16.5. The van der Waals surface area contributed by atoms with E-state index < -0.39 is 0 Å². The highest BCUT2D eigenvalue weighted by molar-refractivity contribution is 5.80. The summed E-state index contributed by atoms with van der Waals surface area (Å²) in [6, 6.07) is 0. The van der Waals surface area contributed by atoms with Crippen LogP contribution in [-0.2, 0) is 9.53 Å². The summed E-state index contributed by atoms with van der Waals surface area (Å²) >= 11 is 0. The van der Waals surface area contributed by atoms with Crippen molar-refractivity contribution in [1.29, 1.82) is 0 Å². The van der Waals surface area contributed by atoms with Gasteiger partial charge in [-0.3, -0.25) is 4.79 Å². The van der Waals surface area contributed by atoms with Crippen LogP contribution in [-0.4, -0.2) is 36.6 Å². The molecule has 1 aliphatic heterocycles. The molecule has 0 aromatic rings. The molecule has 2 atom stereocenters. The Bertz CT molecular complexity index is 270. The lowest BCUT2D eigenvalue weighted by Crippen LogP contribution is -2.39. The van der Waals surface area contributed by atoms with E-state index in [1.54, 1.807) is 4.90 Å². The van der Waals surface area contributed by atoms with E-state index in [0.717, 1.165) is 25.8 Å². The molecule has 0 radical (unpaired) electrons. The number of nitrogens with zero attached hydrogens (tertiary/aromatic N) is 1. The van der Waals surface area contributed by atoms with Crippen molar-refractivity contribution in [2.24, 2.45) is 5.92 Å². The summed E-state index contributed by atoms with van der Waals surface area (Å²) in [5.74, 6) is 2.74. The Balaban J connectivity index is 2.62. The van der Waals surface area contributed by atoms with Crippen molar-refractivity contribution in [1.82, 2.24) is 4.90 Å². The van der Waals surface area contributed by atoms with Crippen molar-refractivity contribution in [2.75, 3.05) is 19.7 Å². The Kier molecular flexibility index (Phi) is 5.34. The van der Waals surface area contributed by atoms with E-state index in [9.17, 15) is 4.79 Å². The number of hydrogen-bond donors (Lipinski definition) is 0. The van der Waals surface area contributed by atoms with E-state index in [0.29, 0.717) is 13.2 Å². The van der Waals surface area contributed by atoms with Gasteiger partial charge in [-0.2, -0.15) is 0 Å². The highest BCUT2D eigenvalue weighted by Crippen LogP contribution is 2.25. The minimum absolute atomic E-state index is 0.0184. The average molecular weight is 223 g/mol. The Morgan fingerprint density at radius 3 is 2.88 bits per heavy atom. The summed E-state index contributed by atoms with van der Waals surface area (Å²) in [5.41, 5.74) is 0. The molecule has 1 heterocycles. The molecular formula is C13H21NO2. The van der Waals surface area contributed by atoms with Gasteiger partial charge >= 0.3 is 0 Å². The zero-order chi connectivity index (χ0) is 12.0. The van der Waals surface area contributed by atoms with Crippen molar-refractivity contribution in [3.05, 3.63) is 0 Å². The van der Waals surface area contributed by atoms with Crippen molar-refractivity contribution >= 4 is 5.91 Å². The van der Waals surface area contributed by atoms with Crippen LogP contribution in [0.15, 0.2) is 0 Å². The Morgan fingerprint density at radius 2 is 2.31 bits per heavy atom. The summed E-state index contributed by atoms with van der Waals surface area (Å²) in [5, 5.41) is 0. The number of hydrogen-bond acceptors (Lipinski definition) is 2. The second kappa shape index (κ2) is 6.55. The Hall–Kier alpha value is -1.01. The van der Waals surface area contributed by atoms with Gasteiger partial charge in [-0.15, -0.1) is 6.42 Å². The summed E-state index contributed by atoms with van der Waals surface area (Å²) in [4.78, 5) is 14.0. The summed E-state index contributed by atoms with van der Waals surface area (Å²) in [7, 11) is 0. The minimum Gasteiger partial charge on any atom is -0.377 e. The first-order chi connectivity index (χ1) is 7.74. The number of carbonyl (C=O) groups is 1. The molecule has 1 aliphatic rings. The van der Waals surface area contributed by atoms with Crippen molar-refractivity contribution in [3.8, 4) is 12.3 Å². The standard InChI is InChI=1S/C13H21NO2/c1-4-8-14(9-5-2)13(15)11-7-10-16-12(11)6-3/h1,11-12H,5-10H2,2-3H3. The maximum atomic E-state index is 12.2. The lowest BCUT2D eigenvalue weighted by molar-refractivity contribution is -0.136. The second-order valence-electron chi connectivity index (χ2n) is 4.18. The Labute approximate surface area is 98.1 Å². The van der Waals surface area contributed by atoms with Crippen LogP contribution in [0.3, 0.4) is 0 Å². The van der Waals surface area contributed by atoms with E-state index >= 15 is 0 Å². The van der Waals surface area contributed by atoms with E-state index in [4.69, 9.17) is 11.2 Å². The highest BCUT2D eigenvalue weighted by Gasteiger charge is 2.34. The van der Waals surface area contributed by atoms with Gasteiger partial charge in [0.2, 0.25) is 5.91 Å². The number of terminal acetylenes is 1. The molecule has 0 bridgehead atoms. The molecule has 16 heavy (non-hydrogen) atoms. The first-order valence-corrected chi connectivity index (χ1v) is 6.08. The molecule has 3 nitrogen and oxygen atoms in total. The fourth-order valence-corrected chi connectivity index (χ4v) is 2.22. The van der Waals surface area contributed by atoms with Crippen LogP contribution in [0.1, 0.15) is 33.1 Å². The van der Waals surface area contributed by atoms with Crippen molar-refractivity contribution in [3.63, 3.8) is 0 Å². The maximum Gasteiger partial charge on any atom is 0.229 e. The molecule has 0 N–H and O–H groups in total. The summed E-state index contributed by atoms with van der Waals surface area (Å²) in [6.45, 7) is 5.97. The molecule has 0 aromatic heterocycles. The third-order valence-corrected chi connectivity index (χ3v) is 3.02. The third kappa shape index (κ3) is 2.99. The molecule has 90 valence electrons. The van der Waals surface area contributed by atoms with E-state index in [2.05, 4.69) is 19.8 Å². The first kappa shape index (κ1) is 13.1. The normalized spacial score (nSPS) is 24.1. The largest absolute Gasteiger partial charge is 0.377 e. The van der Waals surface area contributed by atoms with Crippen LogP contribution in [0, 0.1) is 18.3 Å². The molecule has 1 amide bonds. The number of amides is 1. The quantitative estimate of drug-likeness (QED) is 0.664. The zero-order valence-corrected chi connectivity index (χ0v) is 10.2. The summed E-state index contributed by atoms with van der Waals surface area (Å²) in [6.07, 6.45) is 8.05. The van der Waals surface area contributed by atoms with Crippen LogP contribution < -0.4 is 0 Å². The molecule has 0 aromatic carbocycles. The lowest BCUT2D eigenvalue weighted by Gasteiger charge is -2.25. The van der Waals surface area contributed by atoms with Gasteiger partial charge in [-0.1, -0.05) is 19.8 Å². The number of carbonyl (C=O) groups excluding carboxylic acids is 1. The monoisotopic (exact) mass is 223 g/mol. The lowest BCUT2D eigenvalue weighted by atomic mass is 9.98. The van der Waals surface area contributed by atoms with Crippen LogP contribution in [0.2, 0.25) is 0 Å². The van der Waals surface area contributed by atoms with E-state index in [1.807, 2.05) is 0 Å². The molecular weight excluding hydrogens is 202 g/mol. The third-order valence-electron chi connectivity index (χ3n) is 3.02. The number of rotatable bonds is 5. The molecule has 2 unspecified atom stereocenters. The van der Waals surface area contributed by atoms with Gasteiger partial charge in [0.25, 0.3) is 0 Å². The predicted octanol–water partition coefficient (Wildman–Crippen LogP) is 1.67. The Morgan fingerprint density at radius 1 is 1.56 bits per heavy atom. The van der Waals surface area contributed by atoms with Gasteiger partial charge in [0.15, 0.2) is 0 Å². The van der Waals surface area contributed by atoms with E-state index in [1.165, 1.54) is 0 Å². The first-order valence-electron chi connectivity index (χ1n) is 6.08. The minimum atomic E-state index is 0.0184. The molecule has 1 fully saturated rings. The second-order valence-corrected chi connectivity index (χ2v) is 4.18. The van der Waals surface area contributed by atoms with Crippen LogP contribution >= 0.6 is 0 Å². The predicted molar refractivity (Wildman–Crippen MR) is 63.8 cm³/mol. The van der Waals surface area contributed by atoms with Gasteiger partial charge in [-0.05, 0) is 19.3 Å². The fourth-order valence-electron chi connectivity index (χ4n) is 2.22. The maximum absolute atomic E-state index is 12.2. The van der Waals surface area contributed by atoms with Crippen LogP contribution in [0.4, 0.5) is 0 Å². The number of ether oxygens (including phenoxy) is 1. The average Bonchev–Trinajstić information content (AvgIpc) is 2.75. The molecule has 0 spiro atoms. The zero-order valence-electron chi connectivity index (χ0n) is 10.2.